The largest absolute Gasteiger partial charge is 0.478 e. The molecule has 2 fully saturated rings. The molecule has 3 amide bonds. The minimum Gasteiger partial charge on any atom is -0.478 e. The first-order chi connectivity index (χ1) is 20.5. The Bertz CT molecular complexity index is 1590. The Morgan fingerprint density at radius 3 is 2.44 bits per heavy atom. The molecular formula is C29H28FN5O7S. The smallest absolute Gasteiger partial charge is 0.336 e. The van der Waals surface area contributed by atoms with Crippen LogP contribution in [0.4, 0.5) is 4.39 Å². The molecule has 14 heteroatoms. The Labute approximate surface area is 249 Å². The molecule has 224 valence electrons. The first-order valence-corrected chi connectivity index (χ1v) is 14.1. The number of ether oxygens (including phenoxy) is 2. The number of nitrogens with two attached hydrogens (primary N) is 1. The van der Waals surface area contributed by atoms with Crippen molar-refractivity contribution in [2.24, 2.45) is 5.73 Å². The first-order valence-electron chi connectivity index (χ1n) is 13.2. The summed E-state index contributed by atoms with van der Waals surface area (Å²) >= 11 is 1.35. The summed E-state index contributed by atoms with van der Waals surface area (Å²) in [5, 5.41) is 24.0. The molecule has 3 heterocycles. The molecule has 2 aromatic carbocycles. The predicted molar refractivity (Wildman–Crippen MR) is 153 cm³/mol. The molecule has 1 unspecified atom stereocenters. The highest BCUT2D eigenvalue weighted by Crippen LogP contribution is 2.35. The number of thiophene rings is 1. The van der Waals surface area contributed by atoms with Gasteiger partial charge in [-0.25, -0.2) is 9.18 Å². The molecule has 5 rings (SSSR count). The van der Waals surface area contributed by atoms with Gasteiger partial charge in [0.05, 0.1) is 38.4 Å². The Kier molecular flexibility index (Phi) is 8.52. The average Bonchev–Trinajstić information content (AvgIpc) is 3.75. The third-order valence-corrected chi connectivity index (χ3v) is 8.14. The first kappa shape index (κ1) is 29.8. The summed E-state index contributed by atoms with van der Waals surface area (Å²) in [5.74, 6) is -4.61. The Morgan fingerprint density at radius 1 is 1.07 bits per heavy atom. The molecule has 1 aromatic heterocycles. The summed E-state index contributed by atoms with van der Waals surface area (Å²) in [6.45, 7) is 0.471. The van der Waals surface area contributed by atoms with E-state index in [2.05, 4.69) is 10.6 Å². The van der Waals surface area contributed by atoms with Gasteiger partial charge in [-0.05, 0) is 41.5 Å². The van der Waals surface area contributed by atoms with Crippen molar-refractivity contribution in [3.63, 3.8) is 0 Å². The number of halogens is 1. The second-order valence-electron chi connectivity index (χ2n) is 10.0. The van der Waals surface area contributed by atoms with Gasteiger partial charge in [0.2, 0.25) is 11.8 Å². The number of likely N-dealkylation sites (tertiary alicyclic amines) is 1. The lowest BCUT2D eigenvalue weighted by atomic mass is 9.98. The van der Waals surface area contributed by atoms with E-state index in [4.69, 9.17) is 20.6 Å². The van der Waals surface area contributed by atoms with Gasteiger partial charge in [-0.3, -0.25) is 19.8 Å². The van der Waals surface area contributed by atoms with Crippen LogP contribution in [0.5, 0.6) is 0 Å². The van der Waals surface area contributed by atoms with E-state index < -0.39 is 47.9 Å². The van der Waals surface area contributed by atoms with Crippen molar-refractivity contribution in [2.75, 3.05) is 26.3 Å². The number of hydrogen-bond donors (Lipinski definition) is 5. The van der Waals surface area contributed by atoms with Crippen molar-refractivity contribution in [3.05, 3.63) is 81.3 Å². The van der Waals surface area contributed by atoms with Crippen LogP contribution in [0.25, 0.3) is 11.1 Å². The second kappa shape index (κ2) is 12.3. The number of hydrogen-bond acceptors (Lipinski definition) is 8. The predicted octanol–water partition coefficient (Wildman–Crippen LogP) is 1.93. The number of benzene rings is 2. The van der Waals surface area contributed by atoms with Crippen LogP contribution in [0, 0.1) is 11.2 Å². The van der Waals surface area contributed by atoms with Gasteiger partial charge in [-0.1, -0.05) is 18.2 Å². The molecule has 43 heavy (non-hydrogen) atoms. The summed E-state index contributed by atoms with van der Waals surface area (Å²) in [7, 11) is 0. The van der Waals surface area contributed by atoms with Gasteiger partial charge < -0.3 is 35.8 Å². The molecule has 6 N–H and O–H groups in total. The molecule has 3 aromatic rings. The molecule has 0 radical (unpaired) electrons. The zero-order chi connectivity index (χ0) is 30.7. The van der Waals surface area contributed by atoms with E-state index in [1.54, 1.807) is 11.4 Å². The third kappa shape index (κ3) is 6.56. The van der Waals surface area contributed by atoms with Crippen LogP contribution in [0.15, 0.2) is 53.9 Å². The third-order valence-electron chi connectivity index (χ3n) is 7.20. The van der Waals surface area contributed by atoms with Crippen LogP contribution < -0.4 is 16.4 Å². The SMILES string of the molecule is N=C(N)c1csc(CNC(=O)C2CC3(CN2C(=O)CNC(=O)c2ccc(-c4ccc(F)cc4C(=O)O)cc2)OCCO3)c1. The molecule has 0 saturated carbocycles. The number of nitrogen functional groups attached to an aromatic ring is 1. The second-order valence-corrected chi connectivity index (χ2v) is 11.0. The number of carbonyl (C=O) groups is 4. The van der Waals surface area contributed by atoms with Gasteiger partial charge in [0.1, 0.15) is 17.7 Å². The van der Waals surface area contributed by atoms with Crippen molar-refractivity contribution in [2.45, 2.75) is 24.8 Å². The van der Waals surface area contributed by atoms with E-state index in [9.17, 15) is 28.7 Å². The maximum atomic E-state index is 13.6. The Morgan fingerprint density at radius 2 is 1.79 bits per heavy atom. The highest BCUT2D eigenvalue weighted by molar-refractivity contribution is 7.10. The minimum atomic E-state index is -1.28. The molecular weight excluding hydrogens is 581 g/mol. The lowest BCUT2D eigenvalue weighted by Crippen LogP contribution is -2.49. The molecule has 2 aliphatic rings. The number of nitrogens with zero attached hydrogens (tertiary/aromatic N) is 1. The van der Waals surface area contributed by atoms with Gasteiger partial charge in [0.25, 0.3) is 5.91 Å². The maximum Gasteiger partial charge on any atom is 0.336 e. The highest BCUT2D eigenvalue weighted by atomic mass is 32.1. The summed E-state index contributed by atoms with van der Waals surface area (Å²) < 4.78 is 25.1. The number of aromatic carboxylic acids is 1. The van der Waals surface area contributed by atoms with E-state index in [0.29, 0.717) is 24.3 Å². The van der Waals surface area contributed by atoms with Gasteiger partial charge in [0.15, 0.2) is 5.79 Å². The van der Waals surface area contributed by atoms with Crippen molar-refractivity contribution < 1.29 is 38.1 Å². The lowest BCUT2D eigenvalue weighted by molar-refractivity contribution is -0.152. The number of rotatable bonds is 9. The van der Waals surface area contributed by atoms with Crippen LogP contribution >= 0.6 is 11.3 Å². The number of amides is 3. The quantitative estimate of drug-likeness (QED) is 0.180. The topological polar surface area (TPSA) is 184 Å². The van der Waals surface area contributed by atoms with E-state index in [-0.39, 0.29) is 42.0 Å². The van der Waals surface area contributed by atoms with Crippen molar-refractivity contribution in [1.82, 2.24) is 15.5 Å². The number of carboxylic acids is 1. The Balaban J connectivity index is 1.22. The molecule has 0 aliphatic carbocycles. The van der Waals surface area contributed by atoms with Gasteiger partial charge in [0, 0.05) is 27.8 Å². The van der Waals surface area contributed by atoms with Crippen LogP contribution in [0.3, 0.4) is 0 Å². The fraction of sp³-hybridized carbons (Fsp3) is 0.276. The number of carbonyl (C=O) groups excluding carboxylic acids is 3. The fourth-order valence-corrected chi connectivity index (χ4v) is 5.88. The van der Waals surface area contributed by atoms with Crippen molar-refractivity contribution >= 4 is 40.9 Å². The lowest BCUT2D eigenvalue weighted by Gasteiger charge is -2.24. The molecule has 2 saturated heterocycles. The zero-order valence-electron chi connectivity index (χ0n) is 22.7. The number of amidine groups is 1. The van der Waals surface area contributed by atoms with Crippen LogP contribution in [0.2, 0.25) is 0 Å². The van der Waals surface area contributed by atoms with Crippen LogP contribution in [0.1, 0.15) is 37.6 Å². The van der Waals surface area contributed by atoms with Crippen LogP contribution in [-0.2, 0) is 25.6 Å². The molecule has 1 atom stereocenters. The number of carboxylic acid groups (broad SMARTS) is 1. The average molecular weight is 610 g/mol. The summed E-state index contributed by atoms with van der Waals surface area (Å²) in [4.78, 5) is 52.9. The Hall–Kier alpha value is -4.66. The van der Waals surface area contributed by atoms with E-state index in [1.807, 2.05) is 0 Å². The summed E-state index contributed by atoms with van der Waals surface area (Å²) in [5.41, 5.74) is 6.83. The zero-order valence-corrected chi connectivity index (χ0v) is 23.5. The van der Waals surface area contributed by atoms with Crippen molar-refractivity contribution in [3.8, 4) is 11.1 Å². The highest BCUT2D eigenvalue weighted by Gasteiger charge is 2.52. The van der Waals surface area contributed by atoms with Crippen LogP contribution in [-0.4, -0.2) is 77.7 Å². The molecule has 1 spiro atoms. The maximum absolute atomic E-state index is 13.6. The van der Waals surface area contributed by atoms with E-state index >= 15 is 0 Å². The van der Waals surface area contributed by atoms with Crippen molar-refractivity contribution in [1.29, 1.82) is 5.41 Å². The minimum absolute atomic E-state index is 0.0194. The normalized spacial score (nSPS) is 17.1. The van der Waals surface area contributed by atoms with Gasteiger partial charge >= 0.3 is 5.97 Å². The van der Waals surface area contributed by atoms with E-state index in [1.165, 1.54) is 46.6 Å². The summed E-state index contributed by atoms with van der Waals surface area (Å²) in [6, 6.07) is 10.2. The number of nitrogens with one attached hydrogen (secondary N) is 3. The monoisotopic (exact) mass is 609 g/mol. The van der Waals surface area contributed by atoms with E-state index in [0.717, 1.165) is 17.0 Å². The molecule has 2 aliphatic heterocycles. The van der Waals surface area contributed by atoms with Gasteiger partial charge in [-0.2, -0.15) is 0 Å². The molecule has 0 bridgehead atoms. The van der Waals surface area contributed by atoms with Gasteiger partial charge in [-0.15, -0.1) is 11.3 Å². The standard InChI is InChI=1S/C29H28FN5O7S/c30-19-5-6-21(22(10-19)28(39)40)16-1-3-17(4-2-16)26(37)34-13-24(36)35-15-29(41-7-8-42-29)11-23(35)27(38)33-12-20-9-18(14-43-20)25(31)32/h1-6,9-10,14,23H,7-8,11-13,15H2,(H3,31,32)(H,33,38)(H,34,37)(H,39,40). The molecule has 12 nitrogen and oxygen atoms in total. The fourth-order valence-electron chi connectivity index (χ4n) is 5.05. The summed E-state index contributed by atoms with van der Waals surface area (Å²) in [6.07, 6.45) is 0.130.